The van der Waals surface area contributed by atoms with Crippen LogP contribution in [0.5, 0.6) is 0 Å². The summed E-state index contributed by atoms with van der Waals surface area (Å²) in [5.74, 6) is 0.419. The Hall–Kier alpha value is -2.06. The first kappa shape index (κ1) is 10.8. The first-order valence-corrected chi connectivity index (χ1v) is 6.75. The topological polar surface area (TPSA) is 41.8 Å². The monoisotopic (exact) mass is 248 g/mol. The lowest BCUT2D eigenvalue weighted by Crippen LogP contribution is -2.05. The number of rotatable bonds is 1. The van der Waals surface area contributed by atoms with E-state index in [9.17, 15) is 0 Å². The van der Waals surface area contributed by atoms with Gasteiger partial charge in [0.15, 0.2) is 0 Å². The number of H-pyrrole nitrogens is 1. The Labute approximate surface area is 112 Å². The van der Waals surface area contributed by atoms with Gasteiger partial charge in [-0.05, 0) is 29.2 Å². The van der Waals surface area contributed by atoms with E-state index in [1.54, 1.807) is 0 Å². The summed E-state index contributed by atoms with van der Waals surface area (Å²) < 4.78 is 0. The molecule has 0 radical (unpaired) electrons. The number of fused-ring (bicyclic) bond motifs is 2. The van der Waals surface area contributed by atoms with Crippen molar-refractivity contribution >= 4 is 10.9 Å². The maximum atomic E-state index is 6.28. The molecule has 2 aromatic carbocycles. The first-order valence-electron chi connectivity index (χ1n) is 6.75. The van der Waals surface area contributed by atoms with Crippen molar-refractivity contribution in [3.63, 3.8) is 0 Å². The zero-order valence-corrected chi connectivity index (χ0v) is 10.6. The largest absolute Gasteiger partial charge is 0.361 e. The predicted molar refractivity (Wildman–Crippen MR) is 78.1 cm³/mol. The smallest absolute Gasteiger partial charge is 0.0457 e. The second-order valence-corrected chi connectivity index (χ2v) is 5.31. The van der Waals surface area contributed by atoms with Crippen molar-refractivity contribution < 1.29 is 0 Å². The number of benzene rings is 2. The fraction of sp³-hybridized carbons (Fsp3) is 0.176. The minimum atomic E-state index is 0.162. The Morgan fingerprint density at radius 1 is 0.895 bits per heavy atom. The number of hydrogen-bond donors (Lipinski definition) is 2. The molecule has 2 heteroatoms. The van der Waals surface area contributed by atoms with Crippen molar-refractivity contribution in [2.45, 2.75) is 18.4 Å². The summed E-state index contributed by atoms with van der Waals surface area (Å²) in [6, 6.07) is 17.2. The Bertz CT molecular complexity index is 742. The highest BCUT2D eigenvalue weighted by Gasteiger charge is 2.30. The molecule has 0 saturated carbocycles. The Morgan fingerprint density at radius 2 is 1.63 bits per heavy atom. The van der Waals surface area contributed by atoms with Crippen LogP contribution < -0.4 is 5.73 Å². The summed E-state index contributed by atoms with van der Waals surface area (Å²) >= 11 is 0. The molecule has 0 bridgehead atoms. The average molecular weight is 248 g/mol. The third-order valence-electron chi connectivity index (χ3n) is 4.26. The molecule has 19 heavy (non-hydrogen) atoms. The quantitative estimate of drug-likeness (QED) is 0.677. The summed E-state index contributed by atoms with van der Waals surface area (Å²) in [6.07, 6.45) is 3.14. The van der Waals surface area contributed by atoms with E-state index in [2.05, 4.69) is 59.7 Å². The Balaban J connectivity index is 1.90. The Kier molecular flexibility index (Phi) is 2.26. The summed E-state index contributed by atoms with van der Waals surface area (Å²) in [5.41, 5.74) is 11.5. The molecule has 1 unspecified atom stereocenters. The molecule has 0 fully saturated rings. The predicted octanol–water partition coefficient (Wildman–Crippen LogP) is 3.70. The molecular weight excluding hydrogens is 232 g/mol. The van der Waals surface area contributed by atoms with Crippen LogP contribution in [0.1, 0.15) is 35.1 Å². The Morgan fingerprint density at radius 3 is 2.53 bits per heavy atom. The number of para-hydroxylation sites is 1. The van der Waals surface area contributed by atoms with E-state index in [1.807, 2.05) is 0 Å². The van der Waals surface area contributed by atoms with Crippen LogP contribution in [0, 0.1) is 0 Å². The number of nitrogens with one attached hydrogen (secondary N) is 1. The fourth-order valence-electron chi connectivity index (χ4n) is 3.35. The zero-order valence-electron chi connectivity index (χ0n) is 10.6. The van der Waals surface area contributed by atoms with Gasteiger partial charge in [0, 0.05) is 29.1 Å². The third kappa shape index (κ3) is 1.53. The minimum Gasteiger partial charge on any atom is -0.361 e. The average Bonchev–Trinajstić information content (AvgIpc) is 3.01. The second kappa shape index (κ2) is 3.97. The molecule has 0 saturated heterocycles. The zero-order chi connectivity index (χ0) is 12.8. The van der Waals surface area contributed by atoms with Crippen LogP contribution in [0.15, 0.2) is 54.7 Å². The van der Waals surface area contributed by atoms with Crippen LogP contribution in [0.3, 0.4) is 0 Å². The highest BCUT2D eigenvalue weighted by atomic mass is 14.7. The van der Waals surface area contributed by atoms with Crippen molar-refractivity contribution in [1.82, 2.24) is 4.98 Å². The molecule has 4 rings (SSSR count). The van der Waals surface area contributed by atoms with E-state index < -0.39 is 0 Å². The van der Waals surface area contributed by atoms with Gasteiger partial charge in [0.25, 0.3) is 0 Å². The molecule has 0 amide bonds. The van der Waals surface area contributed by atoms with Gasteiger partial charge in [-0.3, -0.25) is 0 Å². The van der Waals surface area contributed by atoms with Crippen molar-refractivity contribution in [3.05, 3.63) is 71.4 Å². The third-order valence-corrected chi connectivity index (χ3v) is 4.26. The van der Waals surface area contributed by atoms with Crippen LogP contribution in [-0.2, 0) is 0 Å². The van der Waals surface area contributed by atoms with E-state index in [0.717, 1.165) is 6.42 Å². The molecule has 0 aliphatic heterocycles. The summed E-state index contributed by atoms with van der Waals surface area (Å²) in [4.78, 5) is 3.37. The van der Waals surface area contributed by atoms with Gasteiger partial charge in [0.1, 0.15) is 0 Å². The highest BCUT2D eigenvalue weighted by molar-refractivity contribution is 5.84. The van der Waals surface area contributed by atoms with Gasteiger partial charge in [-0.15, -0.1) is 0 Å². The minimum absolute atomic E-state index is 0.162. The van der Waals surface area contributed by atoms with E-state index in [0.29, 0.717) is 5.92 Å². The molecule has 0 spiro atoms. The fourth-order valence-corrected chi connectivity index (χ4v) is 3.35. The van der Waals surface area contributed by atoms with E-state index in [1.165, 1.54) is 27.6 Å². The molecule has 1 aromatic heterocycles. The van der Waals surface area contributed by atoms with E-state index in [4.69, 9.17) is 5.73 Å². The van der Waals surface area contributed by atoms with Gasteiger partial charge in [-0.1, -0.05) is 42.5 Å². The molecule has 1 aliphatic rings. The molecule has 3 N–H and O–H groups in total. The second-order valence-electron chi connectivity index (χ2n) is 5.31. The number of hydrogen-bond acceptors (Lipinski definition) is 1. The van der Waals surface area contributed by atoms with E-state index >= 15 is 0 Å². The number of aromatic amines is 1. The molecular formula is C17H16N2. The lowest BCUT2D eigenvalue weighted by Gasteiger charge is -2.10. The van der Waals surface area contributed by atoms with E-state index in [-0.39, 0.29) is 6.04 Å². The summed E-state index contributed by atoms with van der Waals surface area (Å²) in [7, 11) is 0. The lowest BCUT2D eigenvalue weighted by atomic mass is 9.93. The molecule has 1 aliphatic carbocycles. The van der Waals surface area contributed by atoms with Gasteiger partial charge in [-0.25, -0.2) is 0 Å². The number of nitrogens with two attached hydrogens (primary N) is 1. The molecule has 2 atom stereocenters. The van der Waals surface area contributed by atoms with Gasteiger partial charge in [0.2, 0.25) is 0 Å². The van der Waals surface area contributed by atoms with Crippen molar-refractivity contribution in [1.29, 1.82) is 0 Å². The van der Waals surface area contributed by atoms with Gasteiger partial charge in [0.05, 0.1) is 0 Å². The van der Waals surface area contributed by atoms with Crippen molar-refractivity contribution in [2.24, 2.45) is 5.73 Å². The van der Waals surface area contributed by atoms with Gasteiger partial charge < -0.3 is 10.7 Å². The van der Waals surface area contributed by atoms with Crippen LogP contribution in [-0.4, -0.2) is 4.98 Å². The normalized spacial score (nSPS) is 21.7. The first-order chi connectivity index (χ1) is 9.34. The van der Waals surface area contributed by atoms with Gasteiger partial charge in [-0.2, -0.15) is 0 Å². The van der Waals surface area contributed by atoms with Crippen molar-refractivity contribution in [3.8, 4) is 0 Å². The lowest BCUT2D eigenvalue weighted by molar-refractivity contribution is 0.664. The van der Waals surface area contributed by atoms with Gasteiger partial charge >= 0.3 is 0 Å². The summed E-state index contributed by atoms with van der Waals surface area (Å²) in [6.45, 7) is 0. The molecule has 2 nitrogen and oxygen atoms in total. The maximum absolute atomic E-state index is 6.28. The van der Waals surface area contributed by atoms with Crippen LogP contribution in [0.2, 0.25) is 0 Å². The maximum Gasteiger partial charge on any atom is 0.0457 e. The number of aromatic nitrogens is 1. The standard InChI is InChI=1S/C17H16N2/c18-16-9-14(11-5-1-2-6-12(11)16)15-10-19-17-8-4-3-7-13(15)17/h1-8,10,14,16,19H,9,18H2/t14?,16-/m0/s1. The van der Waals surface area contributed by atoms with Crippen molar-refractivity contribution in [2.75, 3.05) is 0 Å². The highest BCUT2D eigenvalue weighted by Crippen LogP contribution is 2.44. The summed E-state index contributed by atoms with van der Waals surface area (Å²) in [5, 5.41) is 1.32. The van der Waals surface area contributed by atoms with Crippen LogP contribution in [0.4, 0.5) is 0 Å². The molecule has 94 valence electrons. The van der Waals surface area contributed by atoms with Crippen LogP contribution >= 0.6 is 0 Å². The molecule has 3 aromatic rings. The van der Waals surface area contributed by atoms with Crippen LogP contribution in [0.25, 0.3) is 10.9 Å². The SMILES string of the molecule is N[C@H]1CC(c2c[nH]c3ccccc23)c2ccccc21. The molecule has 1 heterocycles.